The van der Waals surface area contributed by atoms with Crippen molar-refractivity contribution in [3.8, 4) is 23.0 Å². The number of benzene rings is 4. The van der Waals surface area contributed by atoms with Gasteiger partial charge in [0.2, 0.25) is 0 Å². The third kappa shape index (κ3) is 13.4. The van der Waals surface area contributed by atoms with Gasteiger partial charge in [0.25, 0.3) is 0 Å². The Kier molecular flexibility index (Phi) is 22.0. The molecule has 0 aromatic heterocycles. The average Bonchev–Trinajstić information content (AvgIpc) is 3.01. The SMILES string of the molecule is CCOCC.COc1cccc(C=Nc2cc3ccccc3cc2N=Cc2cccc(OC)c2[O-])c1[O-].ClCCl.[Co+3].[N-]=C=S. The van der Waals surface area contributed by atoms with Crippen LogP contribution in [0.1, 0.15) is 25.0 Å². The first-order valence-corrected chi connectivity index (χ1v) is 14.3. The number of hydrogen-bond donors (Lipinski definition) is 0. The average molecular weight is 701 g/mol. The zero-order chi connectivity index (χ0) is 32.0. The molecule has 0 spiro atoms. The third-order valence-electron chi connectivity index (χ3n) is 5.40. The van der Waals surface area contributed by atoms with Gasteiger partial charge in [-0.05, 0) is 60.0 Å². The number of methoxy groups -OCH3 is 2. The fourth-order valence-corrected chi connectivity index (χ4v) is 3.50. The number of fused-ring (bicyclic) bond motifs is 1. The molecule has 0 aliphatic carbocycles. The van der Waals surface area contributed by atoms with E-state index in [0.29, 0.717) is 22.5 Å². The van der Waals surface area contributed by atoms with E-state index < -0.39 is 0 Å². The zero-order valence-corrected chi connectivity index (χ0v) is 28.0. The topological polar surface area (TPSA) is 121 Å². The summed E-state index contributed by atoms with van der Waals surface area (Å²) in [6.45, 7) is 5.67. The predicted molar refractivity (Wildman–Crippen MR) is 178 cm³/mol. The maximum Gasteiger partial charge on any atom is 3.00 e. The van der Waals surface area contributed by atoms with Crippen molar-refractivity contribution in [2.24, 2.45) is 9.98 Å². The molecule has 0 fully saturated rings. The van der Waals surface area contributed by atoms with Crippen molar-refractivity contribution in [2.45, 2.75) is 13.8 Å². The Bertz CT molecular complexity index is 1410. The number of isothiocyanates is 1. The smallest absolute Gasteiger partial charge is 0.870 e. The quantitative estimate of drug-likeness (QED) is 0.106. The molecule has 0 amide bonds. The number of ether oxygens (including phenoxy) is 3. The Balaban J connectivity index is 0.00000134. The van der Waals surface area contributed by atoms with Gasteiger partial charge in [-0.25, -0.2) is 0 Å². The van der Waals surface area contributed by atoms with Gasteiger partial charge in [-0.15, -0.1) is 23.2 Å². The van der Waals surface area contributed by atoms with E-state index in [1.807, 2.05) is 50.2 Å². The summed E-state index contributed by atoms with van der Waals surface area (Å²) in [4.78, 5) is 9.07. The minimum absolute atomic E-state index is 0. The van der Waals surface area contributed by atoms with E-state index in [1.54, 1.807) is 36.4 Å². The minimum Gasteiger partial charge on any atom is -0.870 e. The van der Waals surface area contributed by atoms with Crippen LogP contribution in [0.15, 0.2) is 82.8 Å². The number of thiocarbonyl (C=S) groups is 1. The Labute approximate surface area is 284 Å². The van der Waals surface area contributed by atoms with Crippen molar-refractivity contribution in [1.29, 1.82) is 0 Å². The Morgan fingerprint density at radius 3 is 1.43 bits per heavy atom. The van der Waals surface area contributed by atoms with Gasteiger partial charge in [-0.2, -0.15) is 5.16 Å². The molecule has 12 heteroatoms. The van der Waals surface area contributed by atoms with E-state index >= 15 is 0 Å². The molecule has 0 unspecified atom stereocenters. The van der Waals surface area contributed by atoms with Crippen LogP contribution in [0.5, 0.6) is 23.0 Å². The fraction of sp³-hybridized carbons (Fsp3) is 0.219. The first-order chi connectivity index (χ1) is 20.8. The molecule has 4 aromatic rings. The molecule has 0 heterocycles. The monoisotopic (exact) mass is 699 g/mol. The maximum absolute atomic E-state index is 12.4. The molecule has 8 nitrogen and oxygen atoms in total. The Morgan fingerprint density at radius 2 is 1.14 bits per heavy atom. The summed E-state index contributed by atoms with van der Waals surface area (Å²) in [5, 5.41) is 35.5. The normalized spacial score (nSPS) is 9.86. The van der Waals surface area contributed by atoms with Crippen LogP contribution in [0.2, 0.25) is 0 Å². The van der Waals surface area contributed by atoms with Gasteiger partial charge in [-0.3, -0.25) is 9.98 Å². The van der Waals surface area contributed by atoms with E-state index in [4.69, 9.17) is 42.8 Å². The summed E-state index contributed by atoms with van der Waals surface area (Å²) in [5.74, 6) is 0.0346. The van der Waals surface area contributed by atoms with Crippen molar-refractivity contribution in [3.05, 3.63) is 89.3 Å². The molecule has 0 saturated carbocycles. The number of alkyl halides is 2. The van der Waals surface area contributed by atoms with Crippen molar-refractivity contribution in [2.75, 3.05) is 32.8 Å². The summed E-state index contributed by atoms with van der Waals surface area (Å²) < 4.78 is 15.0. The number of rotatable bonds is 8. The van der Waals surface area contributed by atoms with Crippen LogP contribution in [0.3, 0.4) is 0 Å². The van der Waals surface area contributed by atoms with Crippen LogP contribution in [0.25, 0.3) is 16.2 Å². The predicted octanol–water partition coefficient (Wildman–Crippen LogP) is 7.63. The molecule has 0 N–H and O–H groups in total. The first kappa shape index (κ1) is 40.5. The first-order valence-electron chi connectivity index (χ1n) is 12.8. The zero-order valence-electron chi connectivity index (χ0n) is 24.6. The van der Waals surface area contributed by atoms with Crippen molar-refractivity contribution in [3.63, 3.8) is 0 Å². The largest absolute Gasteiger partial charge is 3.00 e. The Morgan fingerprint density at radius 1 is 0.773 bits per heavy atom. The van der Waals surface area contributed by atoms with E-state index in [-0.39, 0.29) is 45.1 Å². The maximum atomic E-state index is 12.4. The van der Waals surface area contributed by atoms with E-state index in [0.717, 1.165) is 24.0 Å². The molecule has 4 rings (SSSR count). The molecule has 0 atom stereocenters. The van der Waals surface area contributed by atoms with Crippen molar-refractivity contribution in [1.82, 2.24) is 0 Å². The number of hydrogen-bond acceptors (Lipinski definition) is 8. The summed E-state index contributed by atoms with van der Waals surface area (Å²) in [6.07, 6.45) is 3.00. The molecule has 0 saturated heterocycles. The fourth-order valence-electron chi connectivity index (χ4n) is 3.50. The van der Waals surface area contributed by atoms with Gasteiger partial charge >= 0.3 is 16.8 Å². The molecule has 0 aliphatic rings. The number of para-hydroxylation sites is 2. The molecular formula is C32H32Cl2CoN3O5S. The second kappa shape index (κ2) is 23.9. The summed E-state index contributed by atoms with van der Waals surface area (Å²) in [7, 11) is 2.91. The van der Waals surface area contributed by atoms with Crippen LogP contribution >= 0.6 is 35.4 Å². The van der Waals surface area contributed by atoms with E-state index in [2.05, 4.69) is 22.2 Å². The number of aliphatic imine (C=N–C) groups is 2. The number of halogens is 2. The number of nitrogens with zero attached hydrogens (tertiary/aromatic N) is 3. The minimum atomic E-state index is -0.239. The van der Waals surface area contributed by atoms with Crippen LogP contribution < -0.4 is 19.7 Å². The van der Waals surface area contributed by atoms with Gasteiger partial charge in [0.15, 0.2) is 0 Å². The summed E-state index contributed by atoms with van der Waals surface area (Å²) in [5.41, 5.74) is 1.94. The van der Waals surface area contributed by atoms with Crippen LogP contribution in [-0.4, -0.2) is 50.4 Å². The van der Waals surface area contributed by atoms with Crippen molar-refractivity contribution < 1.29 is 41.2 Å². The second-order valence-electron chi connectivity index (χ2n) is 7.94. The van der Waals surface area contributed by atoms with Crippen LogP contribution in [-0.2, 0) is 21.5 Å². The van der Waals surface area contributed by atoms with Gasteiger partial charge < -0.3 is 29.8 Å². The Hall–Kier alpha value is -3.47. The molecule has 0 aliphatic heterocycles. The van der Waals surface area contributed by atoms with E-state index in [9.17, 15) is 10.2 Å². The van der Waals surface area contributed by atoms with Crippen LogP contribution in [0, 0.1) is 0 Å². The molecular weight excluding hydrogens is 668 g/mol. The standard InChI is InChI=1S/C26H22N2O4.C4H10O.CH2Cl2.CNS.Co/c1-31-23-11-5-9-19(25(23)29)15-27-21-13-17-7-3-4-8-18(17)14-22(21)28-16-20-10-6-12-24(32-2)26(20)30;1-3-5-4-2;2*2-1-3;/h3-16,29-30H,1-2H3;3-4H2,1-2H3;1H2;;/q;;;-1;+3/p-2. The second-order valence-corrected chi connectivity index (χ2v) is 8.93. The summed E-state index contributed by atoms with van der Waals surface area (Å²) in [6, 6.07) is 21.7. The summed E-state index contributed by atoms with van der Waals surface area (Å²) >= 11 is 13.2. The third-order valence-corrected chi connectivity index (χ3v) is 5.40. The van der Waals surface area contributed by atoms with Gasteiger partial charge in [0, 0.05) is 25.6 Å². The van der Waals surface area contributed by atoms with E-state index in [1.165, 1.54) is 31.8 Å². The van der Waals surface area contributed by atoms with Gasteiger partial charge in [0.05, 0.1) is 30.9 Å². The molecule has 4 aromatic carbocycles. The van der Waals surface area contributed by atoms with Gasteiger partial charge in [0.1, 0.15) is 11.5 Å². The molecule has 0 radical (unpaired) electrons. The molecule has 234 valence electrons. The van der Waals surface area contributed by atoms with Crippen molar-refractivity contribution >= 4 is 75.2 Å². The molecule has 44 heavy (non-hydrogen) atoms. The molecule has 0 bridgehead atoms. The van der Waals surface area contributed by atoms with Gasteiger partial charge in [-0.1, -0.05) is 72.2 Å². The van der Waals surface area contributed by atoms with Crippen LogP contribution in [0.4, 0.5) is 11.4 Å².